The molecule has 0 amide bonds. The maximum Gasteiger partial charge on any atom is 0.0319 e. The predicted molar refractivity (Wildman–Crippen MR) is 66.2 cm³/mol. The lowest BCUT2D eigenvalue weighted by Crippen LogP contribution is -2.47. The van der Waals surface area contributed by atoms with Gasteiger partial charge in [-0.1, -0.05) is 27.2 Å². The molecule has 0 saturated carbocycles. The van der Waals surface area contributed by atoms with E-state index >= 15 is 0 Å². The fourth-order valence-corrected chi connectivity index (χ4v) is 1.86. The first kappa shape index (κ1) is 14.9. The molecule has 1 aliphatic rings. The van der Waals surface area contributed by atoms with Crippen molar-refractivity contribution in [1.82, 2.24) is 9.80 Å². The highest BCUT2D eigenvalue weighted by Gasteiger charge is 2.16. The van der Waals surface area contributed by atoms with Gasteiger partial charge in [-0.25, -0.2) is 0 Å². The molecule has 3 nitrogen and oxygen atoms in total. The summed E-state index contributed by atoms with van der Waals surface area (Å²) in [5.74, 6) is 0.869. The van der Waals surface area contributed by atoms with Crippen LogP contribution in [0.4, 0.5) is 0 Å². The van der Waals surface area contributed by atoms with Gasteiger partial charge in [0.05, 0.1) is 0 Å². The Morgan fingerprint density at radius 2 is 1.47 bits per heavy atom. The molecular weight excluding hydrogens is 188 g/mol. The largest absolute Gasteiger partial charge is 0.400 e. The Labute approximate surface area is 95.1 Å². The van der Waals surface area contributed by atoms with Crippen LogP contribution in [0.3, 0.4) is 0 Å². The fraction of sp³-hybridized carbons (Fsp3) is 1.00. The Balaban J connectivity index is 0.000000921. The molecule has 1 N–H and O–H groups in total. The van der Waals surface area contributed by atoms with Crippen LogP contribution < -0.4 is 0 Å². The average Bonchev–Trinajstić information content (AvgIpc) is 2.32. The van der Waals surface area contributed by atoms with Crippen LogP contribution in [0, 0.1) is 5.92 Å². The van der Waals surface area contributed by atoms with Crippen molar-refractivity contribution in [2.75, 3.05) is 46.4 Å². The first-order valence-corrected chi connectivity index (χ1v) is 6.15. The molecule has 1 rings (SSSR count). The minimum atomic E-state index is 0.869. The van der Waals surface area contributed by atoms with Crippen LogP contribution in [0.5, 0.6) is 0 Å². The third kappa shape index (κ3) is 6.13. The summed E-state index contributed by atoms with van der Waals surface area (Å²) in [6.45, 7) is 14.5. The van der Waals surface area contributed by atoms with Crippen LogP contribution in [-0.2, 0) is 0 Å². The molecular formula is C12H28N2O. The summed E-state index contributed by atoms with van der Waals surface area (Å²) in [5, 5.41) is 7.00. The van der Waals surface area contributed by atoms with Gasteiger partial charge in [-0.05, 0) is 12.5 Å². The highest BCUT2D eigenvalue weighted by Crippen LogP contribution is 2.07. The summed E-state index contributed by atoms with van der Waals surface area (Å²) in [4.78, 5) is 5.15. The molecule has 0 aliphatic carbocycles. The number of aliphatic hydroxyl groups excluding tert-OH is 1. The minimum absolute atomic E-state index is 0.869. The van der Waals surface area contributed by atoms with Crippen LogP contribution in [-0.4, -0.2) is 61.3 Å². The zero-order chi connectivity index (χ0) is 11.7. The van der Waals surface area contributed by atoms with Gasteiger partial charge in [-0.3, -0.25) is 0 Å². The van der Waals surface area contributed by atoms with Crippen LogP contribution in [0.1, 0.15) is 27.2 Å². The molecule has 1 atom stereocenters. The number of nitrogens with zero attached hydrogens (tertiary/aromatic N) is 2. The molecule has 1 fully saturated rings. The molecule has 0 aromatic rings. The van der Waals surface area contributed by atoms with Gasteiger partial charge in [-0.2, -0.15) is 0 Å². The molecule has 0 radical (unpaired) electrons. The number of likely N-dealkylation sites (N-methyl/N-ethyl adjacent to an activating group) is 1. The van der Waals surface area contributed by atoms with Gasteiger partial charge in [-0.15, -0.1) is 0 Å². The number of rotatable bonds is 4. The lowest BCUT2D eigenvalue weighted by molar-refractivity contribution is 0.123. The van der Waals surface area contributed by atoms with Crippen LogP contribution in [0.2, 0.25) is 0 Å². The molecule has 1 aliphatic heterocycles. The Morgan fingerprint density at radius 3 is 1.87 bits per heavy atom. The van der Waals surface area contributed by atoms with E-state index in [1.165, 1.54) is 45.7 Å². The third-order valence-electron chi connectivity index (χ3n) is 3.18. The van der Waals surface area contributed by atoms with E-state index < -0.39 is 0 Å². The summed E-state index contributed by atoms with van der Waals surface area (Å²) >= 11 is 0. The van der Waals surface area contributed by atoms with E-state index in [0.717, 1.165) is 13.0 Å². The van der Waals surface area contributed by atoms with Crippen molar-refractivity contribution < 1.29 is 5.11 Å². The van der Waals surface area contributed by atoms with E-state index in [1.54, 1.807) is 0 Å². The van der Waals surface area contributed by atoms with Crippen molar-refractivity contribution in [2.45, 2.75) is 27.2 Å². The van der Waals surface area contributed by atoms with Crippen LogP contribution in [0.25, 0.3) is 0 Å². The quantitative estimate of drug-likeness (QED) is 0.767. The van der Waals surface area contributed by atoms with Crippen molar-refractivity contribution in [2.24, 2.45) is 5.92 Å². The molecule has 1 heterocycles. The first-order chi connectivity index (χ1) is 7.26. The lowest BCUT2D eigenvalue weighted by atomic mass is 10.1. The van der Waals surface area contributed by atoms with E-state index in [1.807, 2.05) is 0 Å². The molecule has 92 valence electrons. The van der Waals surface area contributed by atoms with E-state index in [9.17, 15) is 0 Å². The highest BCUT2D eigenvalue weighted by atomic mass is 16.2. The Hall–Kier alpha value is -0.120. The third-order valence-corrected chi connectivity index (χ3v) is 3.18. The zero-order valence-corrected chi connectivity index (χ0v) is 10.9. The standard InChI is InChI=1S/C11H24N2.CH4O/c1-4-11(3)10-13-8-6-12(5-2)7-9-13;1-2/h11H,4-10H2,1-3H3;2H,1H3. The normalized spacial score (nSPS) is 20.6. The molecule has 0 spiro atoms. The maximum atomic E-state index is 7.00. The summed E-state index contributed by atoms with van der Waals surface area (Å²) in [5.41, 5.74) is 0. The number of piperazine rings is 1. The molecule has 1 unspecified atom stereocenters. The van der Waals surface area contributed by atoms with Gasteiger partial charge in [0.15, 0.2) is 0 Å². The maximum absolute atomic E-state index is 7.00. The van der Waals surface area contributed by atoms with Crippen molar-refractivity contribution in [3.63, 3.8) is 0 Å². The van der Waals surface area contributed by atoms with E-state index in [0.29, 0.717) is 0 Å². The second kappa shape index (κ2) is 9.13. The van der Waals surface area contributed by atoms with Gasteiger partial charge in [0, 0.05) is 39.8 Å². The van der Waals surface area contributed by atoms with Gasteiger partial charge in [0.1, 0.15) is 0 Å². The molecule has 0 bridgehead atoms. The summed E-state index contributed by atoms with van der Waals surface area (Å²) in [6.07, 6.45) is 1.31. The number of aliphatic hydroxyl groups is 1. The SMILES string of the molecule is CCC(C)CN1CCN(CC)CC1.CO. The van der Waals surface area contributed by atoms with E-state index in [-0.39, 0.29) is 0 Å². The first-order valence-electron chi connectivity index (χ1n) is 6.15. The second-order valence-corrected chi connectivity index (χ2v) is 4.25. The molecule has 0 aromatic heterocycles. The zero-order valence-electron chi connectivity index (χ0n) is 10.9. The minimum Gasteiger partial charge on any atom is -0.400 e. The summed E-state index contributed by atoms with van der Waals surface area (Å²) < 4.78 is 0. The topological polar surface area (TPSA) is 26.7 Å². The van der Waals surface area contributed by atoms with E-state index in [2.05, 4.69) is 30.6 Å². The van der Waals surface area contributed by atoms with Crippen LogP contribution in [0.15, 0.2) is 0 Å². The molecule has 3 heteroatoms. The van der Waals surface area contributed by atoms with Crippen molar-refractivity contribution >= 4 is 0 Å². The molecule has 1 saturated heterocycles. The Bertz CT molecular complexity index is 134. The van der Waals surface area contributed by atoms with Crippen molar-refractivity contribution in [3.05, 3.63) is 0 Å². The predicted octanol–water partition coefficient (Wildman–Crippen LogP) is 1.28. The number of hydrogen-bond donors (Lipinski definition) is 1. The van der Waals surface area contributed by atoms with Gasteiger partial charge >= 0.3 is 0 Å². The lowest BCUT2D eigenvalue weighted by Gasteiger charge is -2.35. The summed E-state index contributed by atoms with van der Waals surface area (Å²) in [6, 6.07) is 0. The van der Waals surface area contributed by atoms with Crippen LogP contribution >= 0.6 is 0 Å². The number of hydrogen-bond acceptors (Lipinski definition) is 3. The van der Waals surface area contributed by atoms with E-state index in [4.69, 9.17) is 5.11 Å². The summed E-state index contributed by atoms with van der Waals surface area (Å²) in [7, 11) is 1.00. The van der Waals surface area contributed by atoms with Gasteiger partial charge in [0.2, 0.25) is 0 Å². The smallest absolute Gasteiger partial charge is 0.0319 e. The fourth-order valence-electron chi connectivity index (χ4n) is 1.86. The Morgan fingerprint density at radius 1 is 1.00 bits per heavy atom. The molecule has 0 aromatic carbocycles. The second-order valence-electron chi connectivity index (χ2n) is 4.25. The molecule has 15 heavy (non-hydrogen) atoms. The van der Waals surface area contributed by atoms with Crippen molar-refractivity contribution in [3.8, 4) is 0 Å². The Kier molecular flexibility index (Phi) is 9.06. The highest BCUT2D eigenvalue weighted by molar-refractivity contribution is 4.72. The average molecular weight is 216 g/mol. The monoisotopic (exact) mass is 216 g/mol. The van der Waals surface area contributed by atoms with Crippen molar-refractivity contribution in [1.29, 1.82) is 0 Å². The van der Waals surface area contributed by atoms with Gasteiger partial charge < -0.3 is 14.9 Å². The van der Waals surface area contributed by atoms with Gasteiger partial charge in [0.25, 0.3) is 0 Å².